The van der Waals surface area contributed by atoms with E-state index in [0.717, 1.165) is 17.1 Å². The average Bonchev–Trinajstić information content (AvgIpc) is 3.12. The fourth-order valence-electron chi connectivity index (χ4n) is 1.94. The van der Waals surface area contributed by atoms with Gasteiger partial charge in [0, 0.05) is 19.3 Å². The minimum Gasteiger partial charge on any atom is -0.354 e. The van der Waals surface area contributed by atoms with Crippen LogP contribution in [-0.4, -0.2) is 36.9 Å². The van der Waals surface area contributed by atoms with Gasteiger partial charge in [0.05, 0.1) is 15.6 Å². The second kappa shape index (κ2) is 6.90. The van der Waals surface area contributed by atoms with Crippen LogP contribution >= 0.6 is 15.9 Å². The predicted octanol–water partition coefficient (Wildman–Crippen LogP) is 1.69. The van der Waals surface area contributed by atoms with Crippen molar-refractivity contribution in [2.24, 2.45) is 0 Å². The lowest BCUT2D eigenvalue weighted by Crippen LogP contribution is -2.45. The predicted molar refractivity (Wildman–Crippen MR) is 85.8 cm³/mol. The van der Waals surface area contributed by atoms with Gasteiger partial charge < -0.3 is 5.32 Å². The van der Waals surface area contributed by atoms with E-state index < -0.39 is 10.5 Å². The molecule has 0 aliphatic heterocycles. The van der Waals surface area contributed by atoms with Gasteiger partial charge in [-0.15, -0.1) is 0 Å². The summed E-state index contributed by atoms with van der Waals surface area (Å²) in [5, 5.41) is 21.5. The van der Waals surface area contributed by atoms with Gasteiger partial charge in [0.25, 0.3) is 0 Å². The van der Waals surface area contributed by atoms with E-state index >= 15 is 0 Å². The van der Waals surface area contributed by atoms with Crippen LogP contribution in [0.2, 0.25) is 0 Å². The summed E-state index contributed by atoms with van der Waals surface area (Å²) >= 11 is 3.32. The van der Waals surface area contributed by atoms with E-state index in [9.17, 15) is 14.9 Å². The van der Waals surface area contributed by atoms with Crippen LogP contribution in [0, 0.1) is 10.1 Å². The van der Waals surface area contributed by atoms with Crippen LogP contribution in [0.25, 0.3) is 0 Å². The molecule has 0 aliphatic carbocycles. The molecule has 9 nitrogen and oxygen atoms in total. The van der Waals surface area contributed by atoms with Crippen molar-refractivity contribution in [3.8, 4) is 0 Å². The van der Waals surface area contributed by atoms with Gasteiger partial charge in [-0.3, -0.25) is 24.3 Å². The van der Waals surface area contributed by atoms with Crippen molar-refractivity contribution in [3.05, 3.63) is 39.4 Å². The van der Waals surface area contributed by atoms with Crippen LogP contribution < -0.4 is 5.32 Å². The number of nitro groups is 1. The van der Waals surface area contributed by atoms with E-state index in [0.29, 0.717) is 13.1 Å². The average molecular weight is 385 g/mol. The largest absolute Gasteiger partial charge is 0.354 e. The second-order valence-electron chi connectivity index (χ2n) is 5.49. The molecule has 0 spiro atoms. The number of aromatic nitrogens is 4. The monoisotopic (exact) mass is 384 g/mol. The summed E-state index contributed by atoms with van der Waals surface area (Å²) in [6, 6.07) is 0. The van der Waals surface area contributed by atoms with E-state index in [1.807, 2.05) is 6.20 Å². The summed E-state index contributed by atoms with van der Waals surface area (Å²) in [5.41, 5.74) is -1.15. The number of amides is 1. The third-order valence-electron chi connectivity index (χ3n) is 3.36. The molecule has 0 aliphatic rings. The zero-order chi connectivity index (χ0) is 17.0. The summed E-state index contributed by atoms with van der Waals surface area (Å²) in [6.45, 7) is 4.47. The molecular formula is C13H17BrN6O3. The molecule has 10 heteroatoms. The maximum absolute atomic E-state index is 12.3. The first-order valence-corrected chi connectivity index (χ1v) is 7.76. The molecule has 1 N–H and O–H groups in total. The van der Waals surface area contributed by atoms with Crippen molar-refractivity contribution in [2.75, 3.05) is 6.54 Å². The van der Waals surface area contributed by atoms with Crippen LogP contribution in [0.15, 0.2) is 29.3 Å². The molecule has 2 aromatic heterocycles. The minimum atomic E-state index is -1.01. The van der Waals surface area contributed by atoms with E-state index in [1.165, 1.54) is 10.9 Å². The fourth-order valence-corrected chi connectivity index (χ4v) is 2.27. The maximum Gasteiger partial charge on any atom is 0.307 e. The van der Waals surface area contributed by atoms with Crippen LogP contribution in [0.4, 0.5) is 5.69 Å². The molecule has 0 atom stereocenters. The molecule has 0 aromatic carbocycles. The Morgan fingerprint density at radius 1 is 1.39 bits per heavy atom. The number of hydrogen-bond donors (Lipinski definition) is 1. The molecule has 0 saturated heterocycles. The molecule has 0 radical (unpaired) electrons. The normalized spacial score (nSPS) is 11.4. The Kier molecular flexibility index (Phi) is 5.14. The van der Waals surface area contributed by atoms with E-state index in [1.54, 1.807) is 24.7 Å². The maximum atomic E-state index is 12.3. The highest BCUT2D eigenvalue weighted by atomic mass is 79.9. The summed E-state index contributed by atoms with van der Waals surface area (Å²) in [5.74, 6) is -0.253. The van der Waals surface area contributed by atoms with Crippen molar-refractivity contribution in [3.63, 3.8) is 0 Å². The zero-order valence-electron chi connectivity index (χ0n) is 12.8. The highest BCUT2D eigenvalue weighted by Gasteiger charge is 2.31. The molecule has 1 amide bonds. The highest BCUT2D eigenvalue weighted by molar-refractivity contribution is 9.10. The Balaban J connectivity index is 1.86. The van der Waals surface area contributed by atoms with Crippen molar-refractivity contribution in [1.29, 1.82) is 0 Å². The van der Waals surface area contributed by atoms with Gasteiger partial charge >= 0.3 is 5.69 Å². The molecule has 124 valence electrons. The van der Waals surface area contributed by atoms with Gasteiger partial charge in [-0.1, -0.05) is 0 Å². The topological polar surface area (TPSA) is 108 Å². The Morgan fingerprint density at radius 2 is 2.13 bits per heavy atom. The summed E-state index contributed by atoms with van der Waals surface area (Å²) in [4.78, 5) is 22.4. The lowest BCUT2D eigenvalue weighted by Gasteiger charge is -2.23. The summed E-state index contributed by atoms with van der Waals surface area (Å²) in [7, 11) is 0. The number of nitrogens with one attached hydrogen (secondary N) is 1. The first kappa shape index (κ1) is 17.1. The smallest absolute Gasteiger partial charge is 0.307 e. The van der Waals surface area contributed by atoms with Gasteiger partial charge in [0.2, 0.25) is 5.91 Å². The van der Waals surface area contributed by atoms with E-state index in [2.05, 4.69) is 31.4 Å². The van der Waals surface area contributed by atoms with Crippen molar-refractivity contribution in [1.82, 2.24) is 24.9 Å². The van der Waals surface area contributed by atoms with E-state index in [-0.39, 0.29) is 11.6 Å². The summed E-state index contributed by atoms with van der Waals surface area (Å²) in [6.07, 6.45) is 6.65. The first-order chi connectivity index (χ1) is 10.8. The lowest BCUT2D eigenvalue weighted by molar-refractivity contribution is -0.385. The number of carbonyl (C=O) groups excluding carboxylic acids is 1. The van der Waals surface area contributed by atoms with Crippen molar-refractivity contribution in [2.45, 2.75) is 32.4 Å². The third-order valence-corrected chi connectivity index (χ3v) is 3.77. The molecular weight excluding hydrogens is 368 g/mol. The molecule has 2 rings (SSSR count). The Hall–Kier alpha value is -2.23. The van der Waals surface area contributed by atoms with Gasteiger partial charge in [0.15, 0.2) is 0 Å². The molecule has 23 heavy (non-hydrogen) atoms. The van der Waals surface area contributed by atoms with Crippen molar-refractivity contribution < 1.29 is 9.72 Å². The second-order valence-corrected chi connectivity index (χ2v) is 6.41. The van der Waals surface area contributed by atoms with Gasteiger partial charge in [-0.05, 0) is 36.2 Å². The Bertz CT molecular complexity index is 708. The number of rotatable bonds is 7. The molecule has 0 unspecified atom stereocenters. The van der Waals surface area contributed by atoms with Gasteiger partial charge in [0.1, 0.15) is 17.9 Å². The summed E-state index contributed by atoms with van der Waals surface area (Å²) < 4.78 is 3.98. The number of aryl methyl sites for hydroxylation is 1. The molecule has 0 fully saturated rings. The first-order valence-electron chi connectivity index (χ1n) is 6.96. The Labute approximate surface area is 140 Å². The van der Waals surface area contributed by atoms with Crippen molar-refractivity contribution >= 4 is 27.5 Å². The molecule has 0 bridgehead atoms. The van der Waals surface area contributed by atoms with E-state index in [4.69, 9.17) is 0 Å². The van der Waals surface area contributed by atoms with Crippen LogP contribution in [0.5, 0.6) is 0 Å². The van der Waals surface area contributed by atoms with Gasteiger partial charge in [-0.25, -0.2) is 0 Å². The lowest BCUT2D eigenvalue weighted by atomic mass is 10.1. The molecule has 2 aromatic rings. The van der Waals surface area contributed by atoms with Crippen LogP contribution in [-0.2, 0) is 16.9 Å². The minimum absolute atomic E-state index is 0.143. The third kappa shape index (κ3) is 4.15. The number of nitrogens with zero attached hydrogens (tertiary/aromatic N) is 5. The number of hydrogen-bond acceptors (Lipinski definition) is 5. The quantitative estimate of drug-likeness (QED) is 0.443. The number of halogens is 1. The zero-order valence-corrected chi connectivity index (χ0v) is 14.4. The molecule has 0 saturated carbocycles. The standard InChI is InChI=1S/C13H17BrN6O3/c1-13(2,19-9-11(7-17-19)20(22)23)12(21)15-4-3-5-18-8-10(14)6-16-18/h6-9H,3-5H2,1-2H3,(H,15,21). The number of carbonyl (C=O) groups is 1. The SMILES string of the molecule is CC(C)(C(=O)NCCCn1cc(Br)cn1)n1cc([N+](=O)[O-])cn1. The highest BCUT2D eigenvalue weighted by Crippen LogP contribution is 2.18. The fraction of sp³-hybridized carbons (Fsp3) is 0.462. The van der Waals surface area contributed by atoms with Gasteiger partial charge in [-0.2, -0.15) is 10.2 Å². The van der Waals surface area contributed by atoms with Crippen LogP contribution in [0.1, 0.15) is 20.3 Å². The Morgan fingerprint density at radius 3 is 2.70 bits per heavy atom. The van der Waals surface area contributed by atoms with Crippen LogP contribution in [0.3, 0.4) is 0 Å². The molecule has 2 heterocycles.